The van der Waals surface area contributed by atoms with E-state index in [1.165, 1.54) is 0 Å². The zero-order valence-corrected chi connectivity index (χ0v) is 13.4. The van der Waals surface area contributed by atoms with Gasteiger partial charge in [0, 0.05) is 10.7 Å². The van der Waals surface area contributed by atoms with E-state index in [0.29, 0.717) is 23.5 Å². The van der Waals surface area contributed by atoms with Gasteiger partial charge in [0.05, 0.1) is 12.8 Å². The van der Waals surface area contributed by atoms with E-state index in [0.717, 1.165) is 25.7 Å². The highest BCUT2D eigenvalue weighted by atomic mass is 79.9. The predicted octanol–water partition coefficient (Wildman–Crippen LogP) is 2.95. The van der Waals surface area contributed by atoms with E-state index in [1.54, 1.807) is 0 Å². The molecule has 0 N–H and O–H groups in total. The molecule has 0 amide bonds. The van der Waals surface area contributed by atoms with Crippen LogP contribution in [0.1, 0.15) is 38.5 Å². The van der Waals surface area contributed by atoms with Crippen LogP contribution in [0, 0.1) is 0 Å². The molecule has 0 unspecified atom stereocenters. The Hall–Kier alpha value is -0.100. The largest absolute Gasteiger partial charge is 0.462 e. The number of hydrogen-bond acceptors (Lipinski definition) is 4. The molecular formula is C12H18Br2O4. The molecule has 0 radical (unpaired) electrons. The first-order valence-corrected chi connectivity index (χ1v) is 8.41. The van der Waals surface area contributed by atoms with Gasteiger partial charge in [-0.1, -0.05) is 31.9 Å². The molecule has 1 fully saturated rings. The lowest BCUT2D eigenvalue weighted by molar-refractivity contribution is -0.157. The lowest BCUT2D eigenvalue weighted by Gasteiger charge is -2.28. The molecule has 0 spiro atoms. The highest BCUT2D eigenvalue weighted by Crippen LogP contribution is 2.24. The lowest BCUT2D eigenvalue weighted by atomic mass is 9.95. The van der Waals surface area contributed by atoms with E-state index in [9.17, 15) is 9.59 Å². The van der Waals surface area contributed by atoms with Crippen LogP contribution in [0.4, 0.5) is 0 Å². The molecule has 4 nitrogen and oxygen atoms in total. The van der Waals surface area contributed by atoms with E-state index < -0.39 is 0 Å². The maximum atomic E-state index is 11.3. The van der Waals surface area contributed by atoms with Crippen molar-refractivity contribution in [3.8, 4) is 0 Å². The fourth-order valence-electron chi connectivity index (χ4n) is 1.91. The monoisotopic (exact) mass is 384 g/mol. The minimum absolute atomic E-state index is 0.0114. The predicted molar refractivity (Wildman–Crippen MR) is 75.1 cm³/mol. The summed E-state index contributed by atoms with van der Waals surface area (Å²) in [5.74, 6) is -0.321. The van der Waals surface area contributed by atoms with Gasteiger partial charge in [-0.15, -0.1) is 0 Å². The number of carbonyl (C=O) groups is 2. The van der Waals surface area contributed by atoms with Crippen LogP contribution in [0.2, 0.25) is 0 Å². The molecule has 6 heteroatoms. The summed E-state index contributed by atoms with van der Waals surface area (Å²) in [6.45, 7) is 0. The Kier molecular flexibility index (Phi) is 7.90. The number of alkyl halides is 2. The Morgan fingerprint density at radius 2 is 1.17 bits per heavy atom. The molecule has 0 heterocycles. The summed E-state index contributed by atoms with van der Waals surface area (Å²) < 4.78 is 10.6. The van der Waals surface area contributed by atoms with Gasteiger partial charge in [0.25, 0.3) is 0 Å². The van der Waals surface area contributed by atoms with Crippen LogP contribution in [-0.2, 0) is 19.1 Å². The van der Waals surface area contributed by atoms with Gasteiger partial charge in [-0.2, -0.15) is 0 Å². The number of ether oxygens (including phenoxy) is 2. The number of hydrogen-bond donors (Lipinski definition) is 0. The molecule has 104 valence electrons. The van der Waals surface area contributed by atoms with Gasteiger partial charge in [-0.25, -0.2) is 0 Å². The Morgan fingerprint density at radius 3 is 1.44 bits per heavy atom. The third-order valence-electron chi connectivity index (χ3n) is 2.81. The minimum atomic E-state index is -0.161. The van der Waals surface area contributed by atoms with Crippen molar-refractivity contribution in [2.24, 2.45) is 0 Å². The van der Waals surface area contributed by atoms with Crippen LogP contribution in [0.3, 0.4) is 0 Å². The zero-order valence-electron chi connectivity index (χ0n) is 10.2. The van der Waals surface area contributed by atoms with E-state index in [1.807, 2.05) is 0 Å². The quantitative estimate of drug-likeness (QED) is 0.521. The molecule has 0 aromatic rings. The summed E-state index contributed by atoms with van der Waals surface area (Å²) in [5.41, 5.74) is 0. The van der Waals surface area contributed by atoms with Gasteiger partial charge in [0.1, 0.15) is 12.2 Å². The van der Waals surface area contributed by atoms with E-state index in [4.69, 9.17) is 9.47 Å². The molecular weight excluding hydrogens is 368 g/mol. The summed E-state index contributed by atoms with van der Waals surface area (Å²) in [4.78, 5) is 22.6. The van der Waals surface area contributed by atoms with Gasteiger partial charge in [-0.05, 0) is 25.7 Å². The average Bonchev–Trinajstić information content (AvgIpc) is 2.32. The van der Waals surface area contributed by atoms with Crippen molar-refractivity contribution in [2.45, 2.75) is 50.7 Å². The van der Waals surface area contributed by atoms with Gasteiger partial charge >= 0.3 is 11.9 Å². The van der Waals surface area contributed by atoms with Crippen molar-refractivity contribution >= 4 is 43.8 Å². The normalized spacial score (nSPS) is 23.4. The van der Waals surface area contributed by atoms with Crippen LogP contribution >= 0.6 is 31.9 Å². The second-order valence-electron chi connectivity index (χ2n) is 4.26. The molecule has 1 aliphatic carbocycles. The molecule has 0 aliphatic heterocycles. The van der Waals surface area contributed by atoms with Crippen molar-refractivity contribution in [3.05, 3.63) is 0 Å². The van der Waals surface area contributed by atoms with Crippen molar-refractivity contribution in [3.63, 3.8) is 0 Å². The molecule has 1 rings (SSSR count). The Balaban J connectivity index is 2.20. The van der Waals surface area contributed by atoms with E-state index in [2.05, 4.69) is 31.9 Å². The molecule has 0 aromatic heterocycles. The fraction of sp³-hybridized carbons (Fsp3) is 0.833. The third kappa shape index (κ3) is 6.18. The summed E-state index contributed by atoms with van der Waals surface area (Å²) >= 11 is 6.41. The van der Waals surface area contributed by atoms with Crippen LogP contribution in [-0.4, -0.2) is 34.8 Å². The minimum Gasteiger partial charge on any atom is -0.462 e. The van der Waals surface area contributed by atoms with Gasteiger partial charge < -0.3 is 9.47 Å². The van der Waals surface area contributed by atoms with Crippen molar-refractivity contribution in [1.82, 2.24) is 0 Å². The second kappa shape index (κ2) is 8.91. The topological polar surface area (TPSA) is 52.6 Å². The maximum absolute atomic E-state index is 11.3. The number of rotatable bonds is 6. The highest BCUT2D eigenvalue weighted by molar-refractivity contribution is 9.09. The Bertz CT molecular complexity index is 247. The first-order chi connectivity index (χ1) is 8.65. The molecule has 1 aliphatic rings. The molecule has 0 bridgehead atoms. The van der Waals surface area contributed by atoms with Crippen molar-refractivity contribution in [2.75, 3.05) is 10.7 Å². The smallest absolute Gasteiger partial charge is 0.306 e. The van der Waals surface area contributed by atoms with Crippen LogP contribution in [0.15, 0.2) is 0 Å². The second-order valence-corrected chi connectivity index (χ2v) is 5.84. The van der Waals surface area contributed by atoms with Crippen LogP contribution in [0.25, 0.3) is 0 Å². The van der Waals surface area contributed by atoms with Gasteiger partial charge in [-0.3, -0.25) is 9.59 Å². The van der Waals surface area contributed by atoms with Crippen molar-refractivity contribution in [1.29, 1.82) is 0 Å². The molecule has 0 atom stereocenters. The lowest BCUT2D eigenvalue weighted by Crippen LogP contribution is -2.29. The summed E-state index contributed by atoms with van der Waals surface area (Å²) in [6.07, 6.45) is 3.90. The number of halogens is 2. The van der Waals surface area contributed by atoms with Gasteiger partial charge in [0.2, 0.25) is 0 Å². The fourth-order valence-corrected chi connectivity index (χ4v) is 2.56. The van der Waals surface area contributed by atoms with Crippen LogP contribution in [0.5, 0.6) is 0 Å². The first-order valence-electron chi connectivity index (χ1n) is 6.16. The Labute approximate surface area is 124 Å². The summed E-state index contributed by atoms with van der Waals surface area (Å²) in [5, 5.41) is 1.26. The molecule has 18 heavy (non-hydrogen) atoms. The third-order valence-corrected chi connectivity index (χ3v) is 3.61. The molecule has 0 saturated heterocycles. The van der Waals surface area contributed by atoms with Gasteiger partial charge in [0.15, 0.2) is 0 Å². The zero-order chi connectivity index (χ0) is 13.4. The standard InChI is InChI=1S/C12H18Br2O4/c13-7-5-11(15)17-9-1-2-10(4-3-9)18-12(16)6-8-14/h9-10H,1-8H2. The molecule has 1 saturated carbocycles. The highest BCUT2D eigenvalue weighted by Gasteiger charge is 2.25. The Morgan fingerprint density at radius 1 is 0.833 bits per heavy atom. The summed E-state index contributed by atoms with van der Waals surface area (Å²) in [7, 11) is 0. The SMILES string of the molecule is O=C(CCBr)OC1CCC(OC(=O)CCBr)CC1. The number of esters is 2. The number of carbonyl (C=O) groups excluding carboxylic acids is 2. The summed E-state index contributed by atoms with van der Waals surface area (Å²) in [6, 6.07) is 0. The van der Waals surface area contributed by atoms with E-state index >= 15 is 0 Å². The maximum Gasteiger partial charge on any atom is 0.306 e. The average molecular weight is 386 g/mol. The van der Waals surface area contributed by atoms with Crippen LogP contribution < -0.4 is 0 Å². The van der Waals surface area contributed by atoms with Crippen molar-refractivity contribution < 1.29 is 19.1 Å². The van der Waals surface area contributed by atoms with E-state index in [-0.39, 0.29) is 24.1 Å². The molecule has 0 aromatic carbocycles. The first kappa shape index (κ1) is 16.0.